The number of rotatable bonds is 7. The van der Waals surface area contributed by atoms with Crippen molar-refractivity contribution >= 4 is 17.3 Å². The quantitative estimate of drug-likeness (QED) is 0.824. The average Bonchev–Trinajstić information content (AvgIpc) is 2.58. The SMILES string of the molecule is CCCN(CCC)c1cncc(C(=O)Nc2ccc(F)c(F)c2)c1. The first-order valence-electron chi connectivity index (χ1n) is 8.01. The lowest BCUT2D eigenvalue weighted by molar-refractivity contribution is 0.102. The van der Waals surface area contributed by atoms with Crippen LogP contribution in [0, 0.1) is 11.6 Å². The summed E-state index contributed by atoms with van der Waals surface area (Å²) in [7, 11) is 0. The lowest BCUT2D eigenvalue weighted by atomic mass is 10.2. The first kappa shape index (κ1) is 17.8. The number of carbonyl (C=O) groups is 1. The van der Waals surface area contributed by atoms with E-state index >= 15 is 0 Å². The predicted octanol–water partition coefficient (Wildman–Crippen LogP) is 4.24. The number of amides is 1. The van der Waals surface area contributed by atoms with Crippen LogP contribution in [0.15, 0.2) is 36.7 Å². The van der Waals surface area contributed by atoms with Gasteiger partial charge in [-0.05, 0) is 31.0 Å². The van der Waals surface area contributed by atoms with Crippen molar-refractivity contribution in [3.8, 4) is 0 Å². The highest BCUT2D eigenvalue weighted by molar-refractivity contribution is 6.04. The normalized spacial score (nSPS) is 10.5. The minimum atomic E-state index is -1.00. The minimum Gasteiger partial charge on any atom is -0.370 e. The third-order valence-corrected chi connectivity index (χ3v) is 3.52. The van der Waals surface area contributed by atoms with Crippen LogP contribution in [0.4, 0.5) is 20.2 Å². The van der Waals surface area contributed by atoms with E-state index in [-0.39, 0.29) is 5.69 Å². The molecule has 0 spiro atoms. The van der Waals surface area contributed by atoms with Crippen molar-refractivity contribution in [3.05, 3.63) is 53.9 Å². The van der Waals surface area contributed by atoms with E-state index in [1.165, 1.54) is 12.3 Å². The number of benzene rings is 1. The molecule has 0 radical (unpaired) electrons. The Balaban J connectivity index is 2.17. The standard InChI is InChI=1S/C18H21F2N3O/c1-3-7-23(8-4-2)15-9-13(11-21-12-15)18(24)22-14-5-6-16(19)17(20)10-14/h5-6,9-12H,3-4,7-8H2,1-2H3,(H,22,24). The molecule has 6 heteroatoms. The molecule has 0 atom stereocenters. The molecular formula is C18H21F2N3O. The number of nitrogens with one attached hydrogen (secondary N) is 1. The summed E-state index contributed by atoms with van der Waals surface area (Å²) >= 11 is 0. The van der Waals surface area contributed by atoms with Gasteiger partial charge in [-0.25, -0.2) is 8.78 Å². The van der Waals surface area contributed by atoms with Gasteiger partial charge in [-0.1, -0.05) is 13.8 Å². The highest BCUT2D eigenvalue weighted by Crippen LogP contribution is 2.18. The summed E-state index contributed by atoms with van der Waals surface area (Å²) in [5.41, 5.74) is 1.44. The molecule has 1 heterocycles. The molecule has 1 amide bonds. The molecule has 0 bridgehead atoms. The Bertz CT molecular complexity index is 700. The minimum absolute atomic E-state index is 0.197. The van der Waals surface area contributed by atoms with Crippen molar-refractivity contribution in [1.82, 2.24) is 4.98 Å². The van der Waals surface area contributed by atoms with E-state index < -0.39 is 17.5 Å². The molecule has 0 aliphatic carbocycles. The summed E-state index contributed by atoms with van der Waals surface area (Å²) in [5.74, 6) is -2.37. The molecule has 2 aromatic rings. The van der Waals surface area contributed by atoms with Gasteiger partial charge < -0.3 is 10.2 Å². The van der Waals surface area contributed by atoms with Gasteiger partial charge in [-0.15, -0.1) is 0 Å². The number of aromatic nitrogens is 1. The molecule has 1 aromatic heterocycles. The second-order valence-electron chi connectivity index (χ2n) is 5.50. The van der Waals surface area contributed by atoms with Crippen LogP contribution in [0.3, 0.4) is 0 Å². The van der Waals surface area contributed by atoms with Gasteiger partial charge in [0.05, 0.1) is 17.4 Å². The van der Waals surface area contributed by atoms with Crippen molar-refractivity contribution in [2.45, 2.75) is 26.7 Å². The molecule has 0 unspecified atom stereocenters. The van der Waals surface area contributed by atoms with Crippen molar-refractivity contribution in [2.75, 3.05) is 23.3 Å². The van der Waals surface area contributed by atoms with Crippen LogP contribution in [0.25, 0.3) is 0 Å². The Morgan fingerprint density at radius 2 is 1.79 bits per heavy atom. The molecule has 2 rings (SSSR count). The van der Waals surface area contributed by atoms with E-state index in [9.17, 15) is 13.6 Å². The molecule has 0 saturated carbocycles. The summed E-state index contributed by atoms with van der Waals surface area (Å²) in [4.78, 5) is 18.6. The zero-order valence-corrected chi connectivity index (χ0v) is 13.9. The molecule has 1 N–H and O–H groups in total. The Kier molecular flexibility index (Phi) is 6.23. The molecule has 0 aliphatic rings. The molecule has 0 fully saturated rings. The molecule has 0 aliphatic heterocycles. The zero-order chi connectivity index (χ0) is 17.5. The molecular weight excluding hydrogens is 312 g/mol. The van der Waals surface area contributed by atoms with Crippen LogP contribution in [0.1, 0.15) is 37.0 Å². The van der Waals surface area contributed by atoms with Gasteiger partial charge in [0.1, 0.15) is 0 Å². The molecule has 1 aromatic carbocycles. The highest BCUT2D eigenvalue weighted by Gasteiger charge is 2.12. The van der Waals surface area contributed by atoms with E-state index in [0.717, 1.165) is 43.8 Å². The number of hydrogen-bond acceptors (Lipinski definition) is 3. The number of nitrogens with zero attached hydrogens (tertiary/aromatic N) is 2. The fourth-order valence-corrected chi connectivity index (χ4v) is 2.41. The van der Waals surface area contributed by atoms with Crippen LogP contribution < -0.4 is 10.2 Å². The van der Waals surface area contributed by atoms with Crippen molar-refractivity contribution in [3.63, 3.8) is 0 Å². The average molecular weight is 333 g/mol. The molecule has 0 saturated heterocycles. The first-order valence-corrected chi connectivity index (χ1v) is 8.01. The Morgan fingerprint density at radius 1 is 1.08 bits per heavy atom. The van der Waals surface area contributed by atoms with Gasteiger partial charge in [-0.2, -0.15) is 0 Å². The fourth-order valence-electron chi connectivity index (χ4n) is 2.41. The summed E-state index contributed by atoms with van der Waals surface area (Å²) in [6.45, 7) is 5.94. The number of pyridine rings is 1. The van der Waals surface area contributed by atoms with Crippen molar-refractivity contribution in [2.24, 2.45) is 0 Å². The van der Waals surface area contributed by atoms with Crippen LogP contribution in [-0.2, 0) is 0 Å². The lowest BCUT2D eigenvalue weighted by Gasteiger charge is -2.23. The number of hydrogen-bond donors (Lipinski definition) is 1. The number of halogens is 2. The Labute approximate surface area is 140 Å². The van der Waals surface area contributed by atoms with Crippen molar-refractivity contribution < 1.29 is 13.6 Å². The van der Waals surface area contributed by atoms with Gasteiger partial charge in [0.25, 0.3) is 5.91 Å². The van der Waals surface area contributed by atoms with E-state index in [2.05, 4.69) is 29.0 Å². The van der Waals surface area contributed by atoms with Gasteiger partial charge >= 0.3 is 0 Å². The largest absolute Gasteiger partial charge is 0.370 e. The van der Waals surface area contributed by atoms with Crippen LogP contribution in [0.2, 0.25) is 0 Å². The van der Waals surface area contributed by atoms with Crippen LogP contribution in [0.5, 0.6) is 0 Å². The Morgan fingerprint density at radius 3 is 2.42 bits per heavy atom. The summed E-state index contributed by atoms with van der Waals surface area (Å²) in [6.07, 6.45) is 5.16. The van der Waals surface area contributed by atoms with E-state index in [1.54, 1.807) is 12.3 Å². The maximum Gasteiger partial charge on any atom is 0.257 e. The summed E-state index contributed by atoms with van der Waals surface area (Å²) in [5, 5.41) is 2.55. The third kappa shape index (κ3) is 4.50. The first-order chi connectivity index (χ1) is 11.5. The predicted molar refractivity (Wildman–Crippen MR) is 91.3 cm³/mol. The second kappa shape index (κ2) is 8.38. The van der Waals surface area contributed by atoms with Crippen LogP contribution >= 0.6 is 0 Å². The topological polar surface area (TPSA) is 45.2 Å². The number of anilines is 2. The van der Waals surface area contributed by atoms with Gasteiger partial charge in [0.2, 0.25) is 0 Å². The smallest absolute Gasteiger partial charge is 0.257 e. The monoisotopic (exact) mass is 333 g/mol. The third-order valence-electron chi connectivity index (χ3n) is 3.52. The van der Waals surface area contributed by atoms with E-state index in [1.807, 2.05) is 0 Å². The highest BCUT2D eigenvalue weighted by atomic mass is 19.2. The second-order valence-corrected chi connectivity index (χ2v) is 5.50. The van der Waals surface area contributed by atoms with Crippen molar-refractivity contribution in [1.29, 1.82) is 0 Å². The number of carbonyl (C=O) groups excluding carboxylic acids is 1. The zero-order valence-electron chi connectivity index (χ0n) is 13.9. The maximum absolute atomic E-state index is 13.2. The maximum atomic E-state index is 13.2. The van der Waals surface area contributed by atoms with Gasteiger partial charge in [-0.3, -0.25) is 9.78 Å². The van der Waals surface area contributed by atoms with Gasteiger partial charge in [0.15, 0.2) is 11.6 Å². The van der Waals surface area contributed by atoms with E-state index in [4.69, 9.17) is 0 Å². The summed E-state index contributed by atoms with van der Waals surface area (Å²) < 4.78 is 26.2. The summed E-state index contributed by atoms with van der Waals surface area (Å²) in [6, 6.07) is 5.00. The molecule has 4 nitrogen and oxygen atoms in total. The Hall–Kier alpha value is -2.50. The fraction of sp³-hybridized carbons (Fsp3) is 0.333. The van der Waals surface area contributed by atoms with E-state index in [0.29, 0.717) is 5.56 Å². The molecule has 128 valence electrons. The van der Waals surface area contributed by atoms with Gasteiger partial charge in [0, 0.05) is 31.0 Å². The molecule has 24 heavy (non-hydrogen) atoms. The lowest BCUT2D eigenvalue weighted by Crippen LogP contribution is -2.25. The van der Waals surface area contributed by atoms with Crippen LogP contribution in [-0.4, -0.2) is 24.0 Å².